The monoisotopic (exact) mass is 474 g/mol. The van der Waals surface area contributed by atoms with Crippen LogP contribution in [0.15, 0.2) is 36.9 Å². The molecule has 1 atom stereocenters. The second-order valence-electron chi connectivity index (χ2n) is 8.47. The van der Waals surface area contributed by atoms with Crippen molar-refractivity contribution in [1.29, 1.82) is 0 Å². The number of hydrogen-bond acceptors (Lipinski definition) is 6. The summed E-state index contributed by atoms with van der Waals surface area (Å²) in [4.78, 5) is 59.1. The summed E-state index contributed by atoms with van der Waals surface area (Å²) in [5.41, 5.74) is 0.595. The maximum absolute atomic E-state index is 12.4. The van der Waals surface area contributed by atoms with Crippen molar-refractivity contribution in [2.24, 2.45) is 0 Å². The van der Waals surface area contributed by atoms with Gasteiger partial charge in [0.15, 0.2) is 0 Å². The van der Waals surface area contributed by atoms with Gasteiger partial charge in [-0.05, 0) is 57.4 Å². The van der Waals surface area contributed by atoms with E-state index in [0.717, 1.165) is 11.6 Å². The first kappa shape index (κ1) is 28.3. The second kappa shape index (κ2) is 13.8. The minimum absolute atomic E-state index is 0.0557. The molecule has 0 aliphatic rings. The van der Waals surface area contributed by atoms with Gasteiger partial charge in [0.05, 0.1) is 0 Å². The number of nitrogens with one attached hydrogen (secondary N) is 4. The van der Waals surface area contributed by atoms with Crippen LogP contribution in [0.1, 0.15) is 46.1 Å². The molecule has 1 rings (SSSR count). The van der Waals surface area contributed by atoms with E-state index >= 15 is 0 Å². The number of carbonyl (C=O) groups excluding carboxylic acids is 5. The molecule has 0 saturated carbocycles. The largest absolute Gasteiger partial charge is 0.453 e. The molecule has 1 aromatic rings. The molecular formula is C24H34N4O6. The highest BCUT2D eigenvalue weighted by atomic mass is 16.6. The Labute approximate surface area is 199 Å². The average Bonchev–Trinajstić information content (AvgIpc) is 2.77. The predicted molar refractivity (Wildman–Crippen MR) is 128 cm³/mol. The SMILES string of the molecule is C=CC(=O)NCCC(=O)N[C@@H](CC)C(=O)NCCc1ccc(NC(=O)C(=O)OC(C)(C)C)cc1. The lowest BCUT2D eigenvalue weighted by Gasteiger charge is -2.18. The minimum atomic E-state index is -0.960. The van der Waals surface area contributed by atoms with Gasteiger partial charge in [0.2, 0.25) is 17.7 Å². The summed E-state index contributed by atoms with van der Waals surface area (Å²) >= 11 is 0. The average molecular weight is 475 g/mol. The Bertz CT molecular complexity index is 890. The summed E-state index contributed by atoms with van der Waals surface area (Å²) in [7, 11) is 0. The molecule has 0 heterocycles. The summed E-state index contributed by atoms with van der Waals surface area (Å²) in [5.74, 6) is -2.82. The Kier molecular flexibility index (Phi) is 11.5. The van der Waals surface area contributed by atoms with Crippen LogP contribution in [0, 0.1) is 0 Å². The minimum Gasteiger partial charge on any atom is -0.453 e. The van der Waals surface area contributed by atoms with Crippen molar-refractivity contribution in [2.45, 2.75) is 58.6 Å². The molecule has 0 aromatic heterocycles. The van der Waals surface area contributed by atoms with Gasteiger partial charge >= 0.3 is 11.9 Å². The van der Waals surface area contributed by atoms with Gasteiger partial charge in [-0.3, -0.25) is 19.2 Å². The van der Waals surface area contributed by atoms with Crippen LogP contribution in [-0.4, -0.2) is 54.3 Å². The zero-order chi connectivity index (χ0) is 25.7. The number of benzene rings is 1. The first-order valence-electron chi connectivity index (χ1n) is 11.1. The lowest BCUT2D eigenvalue weighted by atomic mass is 10.1. The zero-order valence-electron chi connectivity index (χ0n) is 20.2. The van der Waals surface area contributed by atoms with E-state index in [4.69, 9.17) is 4.74 Å². The van der Waals surface area contributed by atoms with E-state index < -0.39 is 23.5 Å². The van der Waals surface area contributed by atoms with Gasteiger partial charge in [-0.15, -0.1) is 0 Å². The normalized spacial score (nSPS) is 11.5. The van der Waals surface area contributed by atoms with Crippen LogP contribution in [0.25, 0.3) is 0 Å². The van der Waals surface area contributed by atoms with E-state index in [1.54, 1.807) is 52.0 Å². The summed E-state index contributed by atoms with van der Waals surface area (Å²) in [6.07, 6.45) is 2.13. The third-order valence-electron chi connectivity index (χ3n) is 4.41. The molecule has 0 bridgehead atoms. The molecule has 0 saturated heterocycles. The quantitative estimate of drug-likeness (QED) is 0.216. The van der Waals surface area contributed by atoms with Gasteiger partial charge in [-0.2, -0.15) is 0 Å². The Morgan fingerprint density at radius 2 is 1.68 bits per heavy atom. The molecule has 186 valence electrons. The van der Waals surface area contributed by atoms with Gasteiger partial charge in [0, 0.05) is 25.2 Å². The van der Waals surface area contributed by atoms with Crippen molar-refractivity contribution in [2.75, 3.05) is 18.4 Å². The maximum atomic E-state index is 12.4. The van der Waals surface area contributed by atoms with Crippen molar-refractivity contribution >= 4 is 35.3 Å². The van der Waals surface area contributed by atoms with Gasteiger partial charge < -0.3 is 26.0 Å². The third kappa shape index (κ3) is 11.3. The molecule has 10 heteroatoms. The van der Waals surface area contributed by atoms with Crippen molar-refractivity contribution in [3.05, 3.63) is 42.5 Å². The van der Waals surface area contributed by atoms with Crippen molar-refractivity contribution < 1.29 is 28.7 Å². The smallest absolute Gasteiger partial charge is 0.397 e. The number of esters is 1. The van der Waals surface area contributed by atoms with E-state index in [1.807, 2.05) is 0 Å². The molecule has 4 amide bonds. The number of rotatable bonds is 11. The Morgan fingerprint density at radius 1 is 1.03 bits per heavy atom. The lowest BCUT2D eigenvalue weighted by Crippen LogP contribution is -2.47. The second-order valence-corrected chi connectivity index (χ2v) is 8.47. The fourth-order valence-electron chi connectivity index (χ4n) is 2.71. The molecule has 34 heavy (non-hydrogen) atoms. The van der Waals surface area contributed by atoms with Crippen molar-refractivity contribution in [3.63, 3.8) is 0 Å². The number of hydrogen-bond donors (Lipinski definition) is 4. The molecule has 0 spiro atoms. The van der Waals surface area contributed by atoms with Crippen LogP contribution in [-0.2, 0) is 35.1 Å². The summed E-state index contributed by atoms with van der Waals surface area (Å²) in [5, 5.41) is 10.4. The summed E-state index contributed by atoms with van der Waals surface area (Å²) in [6.45, 7) is 10.6. The van der Waals surface area contributed by atoms with Gasteiger partial charge in [-0.1, -0.05) is 25.6 Å². The molecule has 0 aliphatic carbocycles. The number of anilines is 1. The highest BCUT2D eigenvalue weighted by Gasteiger charge is 2.23. The molecule has 0 unspecified atom stereocenters. The van der Waals surface area contributed by atoms with E-state index in [9.17, 15) is 24.0 Å². The predicted octanol–water partition coefficient (Wildman–Crippen LogP) is 1.21. The van der Waals surface area contributed by atoms with Crippen LogP contribution in [0.3, 0.4) is 0 Å². The first-order chi connectivity index (χ1) is 15.9. The summed E-state index contributed by atoms with van der Waals surface area (Å²) < 4.78 is 5.02. The molecule has 1 aromatic carbocycles. The number of ether oxygens (including phenoxy) is 1. The highest BCUT2D eigenvalue weighted by Crippen LogP contribution is 2.12. The molecule has 10 nitrogen and oxygen atoms in total. The van der Waals surface area contributed by atoms with E-state index in [1.165, 1.54) is 0 Å². The standard InChI is InChI=1S/C24H34N4O6/c1-6-18(28-20(30)13-15-25-19(29)7-2)21(31)26-14-12-16-8-10-17(11-9-16)27-22(32)23(33)34-24(3,4)5/h7-11,18H,2,6,12-15H2,1,3-5H3,(H,25,29)(H,26,31)(H,27,32)(H,28,30)/t18-/m0/s1. The van der Waals surface area contributed by atoms with Crippen molar-refractivity contribution in [3.8, 4) is 0 Å². The van der Waals surface area contributed by atoms with Crippen LogP contribution in [0.5, 0.6) is 0 Å². The molecule has 0 fully saturated rings. The van der Waals surface area contributed by atoms with Gasteiger partial charge in [0.1, 0.15) is 11.6 Å². The molecule has 4 N–H and O–H groups in total. The van der Waals surface area contributed by atoms with Gasteiger partial charge in [0.25, 0.3) is 0 Å². The van der Waals surface area contributed by atoms with E-state index in [0.29, 0.717) is 25.1 Å². The zero-order valence-corrected chi connectivity index (χ0v) is 20.2. The van der Waals surface area contributed by atoms with E-state index in [2.05, 4.69) is 27.8 Å². The highest BCUT2D eigenvalue weighted by molar-refractivity contribution is 6.37. The van der Waals surface area contributed by atoms with Crippen LogP contribution in [0.2, 0.25) is 0 Å². The Hall–Kier alpha value is -3.69. The Balaban J connectivity index is 2.43. The fourth-order valence-corrected chi connectivity index (χ4v) is 2.71. The Morgan fingerprint density at radius 3 is 2.24 bits per heavy atom. The topological polar surface area (TPSA) is 143 Å². The summed E-state index contributed by atoms with van der Waals surface area (Å²) in [6, 6.07) is 6.17. The van der Waals surface area contributed by atoms with Crippen LogP contribution < -0.4 is 21.3 Å². The third-order valence-corrected chi connectivity index (χ3v) is 4.41. The molecule has 0 aliphatic heterocycles. The molecule has 0 radical (unpaired) electrons. The van der Waals surface area contributed by atoms with Crippen LogP contribution >= 0.6 is 0 Å². The fraction of sp³-hybridized carbons (Fsp3) is 0.458. The number of amides is 4. The lowest BCUT2D eigenvalue weighted by molar-refractivity contribution is -0.161. The van der Waals surface area contributed by atoms with Crippen LogP contribution in [0.4, 0.5) is 5.69 Å². The maximum Gasteiger partial charge on any atom is 0.397 e. The van der Waals surface area contributed by atoms with Crippen molar-refractivity contribution in [1.82, 2.24) is 16.0 Å². The van der Waals surface area contributed by atoms with Gasteiger partial charge in [-0.25, -0.2) is 4.79 Å². The number of carbonyl (C=O) groups is 5. The molecular weight excluding hydrogens is 440 g/mol. The first-order valence-corrected chi connectivity index (χ1v) is 11.1. The van der Waals surface area contributed by atoms with E-state index in [-0.39, 0.29) is 30.7 Å².